The summed E-state index contributed by atoms with van der Waals surface area (Å²) in [5.41, 5.74) is 0. The van der Waals surface area contributed by atoms with E-state index in [4.69, 9.17) is 9.47 Å². The Morgan fingerprint density at radius 2 is 1.50 bits per heavy atom. The molecule has 0 fully saturated rings. The molecule has 0 rings (SSSR count). The molecule has 0 aromatic rings. The zero-order chi connectivity index (χ0) is 16.6. The van der Waals surface area contributed by atoms with Gasteiger partial charge >= 0.3 is 11.9 Å². The standard InChI is InChI=1S/C18H34O4/c1-4-7-8-11-15-21-17(19)13-9-10-14-18(20)22-16(6-3)12-5-2/h16H,4-15H2,1-3H3. The highest BCUT2D eigenvalue weighted by Crippen LogP contribution is 2.10. The smallest absolute Gasteiger partial charge is 0.306 e. The van der Waals surface area contributed by atoms with Crippen LogP contribution in [-0.2, 0) is 19.1 Å². The summed E-state index contributed by atoms with van der Waals surface area (Å²) in [6, 6.07) is 0. The topological polar surface area (TPSA) is 52.6 Å². The van der Waals surface area contributed by atoms with Crippen LogP contribution in [0, 0.1) is 0 Å². The van der Waals surface area contributed by atoms with E-state index in [1.165, 1.54) is 12.8 Å². The third-order valence-electron chi connectivity index (χ3n) is 3.64. The third kappa shape index (κ3) is 12.7. The van der Waals surface area contributed by atoms with Crippen molar-refractivity contribution >= 4 is 11.9 Å². The van der Waals surface area contributed by atoms with Crippen molar-refractivity contribution < 1.29 is 19.1 Å². The largest absolute Gasteiger partial charge is 0.466 e. The van der Waals surface area contributed by atoms with Gasteiger partial charge in [-0.25, -0.2) is 0 Å². The van der Waals surface area contributed by atoms with E-state index in [0.717, 1.165) is 32.1 Å². The quantitative estimate of drug-likeness (QED) is 0.341. The van der Waals surface area contributed by atoms with E-state index in [0.29, 0.717) is 32.3 Å². The Morgan fingerprint density at radius 3 is 2.09 bits per heavy atom. The molecule has 0 aromatic carbocycles. The summed E-state index contributed by atoms with van der Waals surface area (Å²) in [6.45, 7) is 6.80. The van der Waals surface area contributed by atoms with Crippen LogP contribution in [-0.4, -0.2) is 24.6 Å². The molecule has 0 bridgehead atoms. The van der Waals surface area contributed by atoms with Gasteiger partial charge in [0.15, 0.2) is 0 Å². The predicted molar refractivity (Wildman–Crippen MR) is 88.6 cm³/mol. The monoisotopic (exact) mass is 314 g/mol. The SMILES string of the molecule is CCCCCCOC(=O)CCCCC(=O)OC(CC)CCC. The number of ether oxygens (including phenoxy) is 2. The van der Waals surface area contributed by atoms with Gasteiger partial charge in [0.2, 0.25) is 0 Å². The van der Waals surface area contributed by atoms with Crippen LogP contribution in [0.15, 0.2) is 0 Å². The van der Waals surface area contributed by atoms with Gasteiger partial charge in [0.05, 0.1) is 6.61 Å². The van der Waals surface area contributed by atoms with Crippen LogP contribution in [0.4, 0.5) is 0 Å². The van der Waals surface area contributed by atoms with Crippen LogP contribution >= 0.6 is 0 Å². The fourth-order valence-electron chi connectivity index (χ4n) is 2.24. The molecule has 0 N–H and O–H groups in total. The lowest BCUT2D eigenvalue weighted by Gasteiger charge is -2.15. The number of carbonyl (C=O) groups excluding carboxylic acids is 2. The summed E-state index contributed by atoms with van der Waals surface area (Å²) >= 11 is 0. The molecular weight excluding hydrogens is 280 g/mol. The van der Waals surface area contributed by atoms with Crippen molar-refractivity contribution in [3.63, 3.8) is 0 Å². The van der Waals surface area contributed by atoms with Crippen molar-refractivity contribution in [2.45, 2.75) is 97.5 Å². The van der Waals surface area contributed by atoms with Crippen molar-refractivity contribution in [1.29, 1.82) is 0 Å². The molecule has 0 aliphatic carbocycles. The normalized spacial score (nSPS) is 12.0. The average Bonchev–Trinajstić information content (AvgIpc) is 2.51. The van der Waals surface area contributed by atoms with Gasteiger partial charge in [-0.15, -0.1) is 0 Å². The van der Waals surface area contributed by atoms with Gasteiger partial charge in [-0.3, -0.25) is 9.59 Å². The molecule has 0 spiro atoms. The summed E-state index contributed by atoms with van der Waals surface area (Å²) < 4.78 is 10.5. The minimum absolute atomic E-state index is 0.0468. The fourth-order valence-corrected chi connectivity index (χ4v) is 2.24. The summed E-state index contributed by atoms with van der Waals surface area (Å²) in [5.74, 6) is -0.296. The molecule has 130 valence electrons. The molecule has 0 saturated heterocycles. The van der Waals surface area contributed by atoms with E-state index in [-0.39, 0.29) is 18.0 Å². The van der Waals surface area contributed by atoms with Crippen LogP contribution in [0.3, 0.4) is 0 Å². The maximum atomic E-state index is 11.7. The fraction of sp³-hybridized carbons (Fsp3) is 0.889. The number of unbranched alkanes of at least 4 members (excludes halogenated alkanes) is 4. The molecular formula is C18H34O4. The number of carbonyl (C=O) groups is 2. The predicted octanol–water partition coefficient (Wildman–Crippen LogP) is 4.79. The average molecular weight is 314 g/mol. The first-order valence-electron chi connectivity index (χ1n) is 8.99. The van der Waals surface area contributed by atoms with Crippen LogP contribution in [0.25, 0.3) is 0 Å². The Morgan fingerprint density at radius 1 is 0.818 bits per heavy atom. The van der Waals surface area contributed by atoms with Crippen molar-refractivity contribution in [3.05, 3.63) is 0 Å². The molecule has 4 nitrogen and oxygen atoms in total. The molecule has 4 heteroatoms. The highest BCUT2D eigenvalue weighted by Gasteiger charge is 2.11. The van der Waals surface area contributed by atoms with Crippen LogP contribution in [0.5, 0.6) is 0 Å². The van der Waals surface area contributed by atoms with Gasteiger partial charge in [0.25, 0.3) is 0 Å². The number of hydrogen-bond donors (Lipinski definition) is 0. The minimum Gasteiger partial charge on any atom is -0.466 e. The van der Waals surface area contributed by atoms with E-state index >= 15 is 0 Å². The minimum atomic E-state index is -0.151. The van der Waals surface area contributed by atoms with Crippen LogP contribution < -0.4 is 0 Å². The summed E-state index contributed by atoms with van der Waals surface area (Å²) in [6.07, 6.45) is 9.46. The van der Waals surface area contributed by atoms with Gasteiger partial charge in [0.1, 0.15) is 6.10 Å². The molecule has 0 amide bonds. The molecule has 0 saturated carbocycles. The van der Waals surface area contributed by atoms with E-state index in [1.807, 2.05) is 6.92 Å². The number of hydrogen-bond acceptors (Lipinski definition) is 4. The Hall–Kier alpha value is -1.06. The molecule has 0 heterocycles. The first-order valence-corrected chi connectivity index (χ1v) is 8.99. The zero-order valence-electron chi connectivity index (χ0n) is 14.7. The third-order valence-corrected chi connectivity index (χ3v) is 3.64. The molecule has 0 aliphatic rings. The summed E-state index contributed by atoms with van der Waals surface area (Å²) in [4.78, 5) is 23.2. The first kappa shape index (κ1) is 20.9. The molecule has 22 heavy (non-hydrogen) atoms. The molecule has 0 radical (unpaired) electrons. The highest BCUT2D eigenvalue weighted by molar-refractivity contribution is 5.70. The van der Waals surface area contributed by atoms with Gasteiger partial charge in [0, 0.05) is 12.8 Å². The summed E-state index contributed by atoms with van der Waals surface area (Å²) in [5, 5.41) is 0. The zero-order valence-corrected chi connectivity index (χ0v) is 14.7. The van der Waals surface area contributed by atoms with Gasteiger partial charge in [-0.1, -0.05) is 46.5 Å². The van der Waals surface area contributed by atoms with Crippen LogP contribution in [0.2, 0.25) is 0 Å². The van der Waals surface area contributed by atoms with Crippen molar-refractivity contribution in [2.75, 3.05) is 6.61 Å². The Labute approximate surface area is 135 Å². The second-order valence-electron chi connectivity index (χ2n) is 5.80. The number of rotatable bonds is 14. The molecule has 1 atom stereocenters. The van der Waals surface area contributed by atoms with E-state index in [1.54, 1.807) is 0 Å². The van der Waals surface area contributed by atoms with E-state index in [2.05, 4.69) is 13.8 Å². The van der Waals surface area contributed by atoms with Gasteiger partial charge in [-0.05, 0) is 32.1 Å². The van der Waals surface area contributed by atoms with Crippen molar-refractivity contribution in [2.24, 2.45) is 0 Å². The second-order valence-corrected chi connectivity index (χ2v) is 5.80. The van der Waals surface area contributed by atoms with Crippen molar-refractivity contribution in [1.82, 2.24) is 0 Å². The van der Waals surface area contributed by atoms with Crippen LogP contribution in [0.1, 0.15) is 91.4 Å². The summed E-state index contributed by atoms with van der Waals surface area (Å²) in [7, 11) is 0. The van der Waals surface area contributed by atoms with Gasteiger partial charge < -0.3 is 9.47 Å². The number of esters is 2. The first-order chi connectivity index (χ1) is 10.6. The second kappa shape index (κ2) is 14.9. The van der Waals surface area contributed by atoms with Gasteiger partial charge in [-0.2, -0.15) is 0 Å². The highest BCUT2D eigenvalue weighted by atomic mass is 16.5. The Kier molecular flexibility index (Phi) is 14.1. The van der Waals surface area contributed by atoms with Crippen molar-refractivity contribution in [3.8, 4) is 0 Å². The maximum Gasteiger partial charge on any atom is 0.306 e. The van der Waals surface area contributed by atoms with E-state index < -0.39 is 0 Å². The lowest BCUT2D eigenvalue weighted by Crippen LogP contribution is -2.17. The molecule has 0 aliphatic heterocycles. The van der Waals surface area contributed by atoms with E-state index in [9.17, 15) is 9.59 Å². The maximum absolute atomic E-state index is 11.7. The Bertz CT molecular complexity index is 289. The lowest BCUT2D eigenvalue weighted by atomic mass is 10.1. The lowest BCUT2D eigenvalue weighted by molar-refractivity contribution is -0.150. The Balaban J connectivity index is 3.54. The molecule has 0 aromatic heterocycles. The molecule has 1 unspecified atom stereocenters.